The molecule has 0 aromatic heterocycles. The Kier molecular flexibility index (Phi) is 6.12. The normalized spacial score (nSPS) is 18.2. The van der Waals surface area contributed by atoms with E-state index >= 15 is 0 Å². The van der Waals surface area contributed by atoms with Gasteiger partial charge in [-0.3, -0.25) is 9.59 Å². The highest BCUT2D eigenvalue weighted by molar-refractivity contribution is 8.15. The second-order valence-electron chi connectivity index (χ2n) is 6.39. The molecule has 2 aromatic rings. The van der Waals surface area contributed by atoms with Gasteiger partial charge in [0.15, 0.2) is 10.9 Å². The van der Waals surface area contributed by atoms with Crippen molar-refractivity contribution < 1.29 is 19.4 Å². The zero-order valence-electron chi connectivity index (χ0n) is 14.7. The average Bonchev–Trinajstić information content (AvgIpc) is 2.98. The van der Waals surface area contributed by atoms with E-state index in [2.05, 4.69) is 6.92 Å². The molecule has 2 atom stereocenters. The molecule has 26 heavy (non-hydrogen) atoms. The summed E-state index contributed by atoms with van der Waals surface area (Å²) in [6.45, 7) is 2.27. The van der Waals surface area contributed by atoms with Crippen LogP contribution >= 0.6 is 11.8 Å². The van der Waals surface area contributed by atoms with Gasteiger partial charge in [-0.25, -0.2) is 0 Å². The van der Waals surface area contributed by atoms with Crippen molar-refractivity contribution in [3.05, 3.63) is 65.2 Å². The molecule has 0 saturated carbocycles. The molecule has 136 valence electrons. The Bertz CT molecular complexity index is 768. The van der Waals surface area contributed by atoms with Crippen molar-refractivity contribution in [1.82, 2.24) is 0 Å². The molecule has 4 nitrogen and oxygen atoms in total. The Morgan fingerprint density at radius 3 is 2.31 bits per heavy atom. The summed E-state index contributed by atoms with van der Waals surface area (Å²) in [5, 5.41) is 9.94. The number of ether oxygens (including phenoxy) is 1. The Morgan fingerprint density at radius 2 is 1.73 bits per heavy atom. The van der Waals surface area contributed by atoms with Crippen LogP contribution in [-0.4, -0.2) is 27.9 Å². The summed E-state index contributed by atoms with van der Waals surface area (Å²) >= 11 is 1.13. The molecule has 1 heterocycles. The highest BCUT2D eigenvalue weighted by Crippen LogP contribution is 2.28. The first kappa shape index (κ1) is 18.7. The predicted molar refractivity (Wildman–Crippen MR) is 102 cm³/mol. The maximum atomic E-state index is 11.7. The quantitative estimate of drug-likeness (QED) is 0.756. The van der Waals surface area contributed by atoms with Gasteiger partial charge in [0.1, 0.15) is 18.5 Å². The Morgan fingerprint density at radius 1 is 1.08 bits per heavy atom. The summed E-state index contributed by atoms with van der Waals surface area (Å²) in [5.41, 5.74) is 3.06. The maximum Gasteiger partial charge on any atom is 0.197 e. The second-order valence-corrected chi connectivity index (χ2v) is 7.65. The van der Waals surface area contributed by atoms with Crippen LogP contribution in [0.5, 0.6) is 5.75 Å². The summed E-state index contributed by atoms with van der Waals surface area (Å²) in [6.07, 6.45) is 0.896. The van der Waals surface area contributed by atoms with Crippen LogP contribution < -0.4 is 4.74 Å². The molecule has 1 fully saturated rings. The summed E-state index contributed by atoms with van der Waals surface area (Å²) in [4.78, 5) is 23.0. The van der Waals surface area contributed by atoms with Gasteiger partial charge in [-0.05, 0) is 41.7 Å². The van der Waals surface area contributed by atoms with Gasteiger partial charge in [0.25, 0.3) is 0 Å². The molecule has 0 aliphatic carbocycles. The third kappa shape index (κ3) is 4.74. The summed E-state index contributed by atoms with van der Waals surface area (Å²) in [6, 6.07) is 15.3. The lowest BCUT2D eigenvalue weighted by Gasteiger charge is -2.14. The topological polar surface area (TPSA) is 63.6 Å². The first-order valence-electron chi connectivity index (χ1n) is 8.76. The molecule has 2 aromatic carbocycles. The first-order valence-corrected chi connectivity index (χ1v) is 9.64. The molecule has 0 amide bonds. The molecule has 1 unspecified atom stereocenters. The summed E-state index contributed by atoms with van der Waals surface area (Å²) in [7, 11) is 0. The average molecular weight is 370 g/mol. The zero-order chi connectivity index (χ0) is 18.5. The lowest BCUT2D eigenvalue weighted by atomic mass is 10.1. The fourth-order valence-electron chi connectivity index (χ4n) is 2.86. The Balaban J connectivity index is 1.52. The monoisotopic (exact) mass is 370 g/mol. The first-order chi connectivity index (χ1) is 12.5. The van der Waals surface area contributed by atoms with E-state index in [1.807, 2.05) is 48.5 Å². The van der Waals surface area contributed by atoms with E-state index in [1.165, 1.54) is 5.56 Å². The largest absolute Gasteiger partial charge is 0.491 e. The lowest BCUT2D eigenvalue weighted by Crippen LogP contribution is -2.13. The molecular weight excluding hydrogens is 348 g/mol. The molecule has 1 saturated heterocycles. The zero-order valence-corrected chi connectivity index (χ0v) is 15.5. The number of thioether (sulfide) groups is 1. The van der Waals surface area contributed by atoms with Crippen LogP contribution in [0.3, 0.4) is 0 Å². The van der Waals surface area contributed by atoms with Crippen LogP contribution in [0.25, 0.3) is 0 Å². The summed E-state index contributed by atoms with van der Waals surface area (Å²) in [5.74, 6) is 0.678. The van der Waals surface area contributed by atoms with Gasteiger partial charge in [0.05, 0.1) is 11.7 Å². The molecule has 5 heteroatoms. The van der Waals surface area contributed by atoms with E-state index in [0.717, 1.165) is 29.3 Å². The van der Waals surface area contributed by atoms with Crippen LogP contribution in [-0.2, 0) is 22.4 Å². The number of hydrogen-bond acceptors (Lipinski definition) is 5. The summed E-state index contributed by atoms with van der Waals surface area (Å²) < 4.78 is 5.67. The number of rotatable bonds is 7. The number of ketones is 1. The van der Waals surface area contributed by atoms with Crippen molar-refractivity contribution in [2.24, 2.45) is 0 Å². The van der Waals surface area contributed by atoms with Crippen molar-refractivity contribution in [2.75, 3.05) is 6.61 Å². The lowest BCUT2D eigenvalue weighted by molar-refractivity contribution is -0.121. The molecule has 3 rings (SSSR count). The number of carbonyl (C=O) groups excluding carboxylic acids is 2. The Labute approximate surface area is 157 Å². The van der Waals surface area contributed by atoms with Gasteiger partial charge in [-0.15, -0.1) is 0 Å². The fraction of sp³-hybridized carbons (Fsp3) is 0.333. The van der Waals surface area contributed by atoms with E-state index in [0.29, 0.717) is 12.2 Å². The van der Waals surface area contributed by atoms with Crippen molar-refractivity contribution in [2.45, 2.75) is 37.5 Å². The fourth-order valence-corrected chi connectivity index (χ4v) is 3.89. The van der Waals surface area contributed by atoms with Crippen molar-refractivity contribution in [3.8, 4) is 5.75 Å². The number of aryl methyl sites for hydroxylation is 1. The van der Waals surface area contributed by atoms with Gasteiger partial charge < -0.3 is 9.84 Å². The van der Waals surface area contributed by atoms with E-state index in [1.54, 1.807) is 0 Å². The number of aliphatic hydroxyl groups excluding tert-OH is 1. The number of carbonyl (C=O) groups is 2. The van der Waals surface area contributed by atoms with Gasteiger partial charge in [0.2, 0.25) is 0 Å². The van der Waals surface area contributed by atoms with Crippen molar-refractivity contribution in [3.63, 3.8) is 0 Å². The van der Waals surface area contributed by atoms with Crippen LogP contribution in [0.15, 0.2) is 48.5 Å². The minimum Gasteiger partial charge on any atom is -0.491 e. The predicted octanol–water partition coefficient (Wildman–Crippen LogP) is 3.51. The highest BCUT2D eigenvalue weighted by atomic mass is 32.2. The smallest absolute Gasteiger partial charge is 0.197 e. The molecule has 1 aliphatic heterocycles. The van der Waals surface area contributed by atoms with Gasteiger partial charge >= 0.3 is 0 Å². The van der Waals surface area contributed by atoms with Crippen molar-refractivity contribution >= 4 is 22.7 Å². The van der Waals surface area contributed by atoms with Crippen LogP contribution in [0, 0.1) is 0 Å². The maximum absolute atomic E-state index is 11.7. The van der Waals surface area contributed by atoms with Crippen LogP contribution in [0.4, 0.5) is 0 Å². The molecule has 0 radical (unpaired) electrons. The van der Waals surface area contributed by atoms with Crippen LogP contribution in [0.2, 0.25) is 0 Å². The molecular formula is C21H22O4S. The standard InChI is InChI=1S/C21H22O4S/c1-2-14-3-7-16(8-4-14)19(23)13-25-17-9-5-15(6-10-17)11-20-18(22)12-21(24)26-20/h3-10,19-20,23H,2,11-13H2,1H3/t19-,20?/m0/s1. The molecule has 0 spiro atoms. The molecule has 0 bridgehead atoms. The molecule has 1 aliphatic rings. The number of Topliss-reactive ketones (excluding diaryl/α,β-unsaturated/α-hetero) is 1. The van der Waals surface area contributed by atoms with Gasteiger partial charge in [0, 0.05) is 0 Å². The van der Waals surface area contributed by atoms with E-state index < -0.39 is 6.10 Å². The Hall–Kier alpha value is -2.11. The minimum atomic E-state index is -0.681. The van der Waals surface area contributed by atoms with Crippen molar-refractivity contribution in [1.29, 1.82) is 0 Å². The van der Waals surface area contributed by atoms with E-state index in [-0.39, 0.29) is 29.2 Å². The second kappa shape index (κ2) is 8.52. The number of benzene rings is 2. The van der Waals surface area contributed by atoms with E-state index in [9.17, 15) is 14.7 Å². The minimum absolute atomic E-state index is 0.0116. The van der Waals surface area contributed by atoms with E-state index in [4.69, 9.17) is 4.74 Å². The van der Waals surface area contributed by atoms with Crippen LogP contribution in [0.1, 0.15) is 36.1 Å². The SMILES string of the molecule is CCc1ccc([C@@H](O)COc2ccc(CC3SC(=O)CC3=O)cc2)cc1. The highest BCUT2D eigenvalue weighted by Gasteiger charge is 2.31. The van der Waals surface area contributed by atoms with Gasteiger partial charge in [-0.1, -0.05) is 55.1 Å². The molecule has 1 N–H and O–H groups in total. The number of aliphatic hydroxyl groups is 1. The third-order valence-electron chi connectivity index (χ3n) is 4.48. The van der Waals surface area contributed by atoms with Gasteiger partial charge in [-0.2, -0.15) is 0 Å². The third-order valence-corrected chi connectivity index (χ3v) is 5.60. The number of hydrogen-bond donors (Lipinski definition) is 1.